The van der Waals surface area contributed by atoms with Gasteiger partial charge in [0.1, 0.15) is 6.61 Å². The topological polar surface area (TPSA) is 35.5 Å². The van der Waals surface area contributed by atoms with Gasteiger partial charge in [0, 0.05) is 5.33 Å². The van der Waals surface area contributed by atoms with Crippen molar-refractivity contribution in [1.82, 2.24) is 0 Å². The van der Waals surface area contributed by atoms with Gasteiger partial charge in [-0.25, -0.2) is 4.79 Å². The molecule has 0 rings (SSSR count). The smallest absolute Gasteiger partial charge is 0.331 e. The lowest BCUT2D eigenvalue weighted by atomic mass is 10.7. The Kier molecular flexibility index (Phi) is 5.98. The Morgan fingerprint density at radius 1 is 1.67 bits per heavy atom. The number of rotatable bonds is 4. The lowest BCUT2D eigenvalue weighted by molar-refractivity contribution is -0.145. The molecule has 0 aliphatic carbocycles. The van der Waals surface area contributed by atoms with Crippen LogP contribution in [0.4, 0.5) is 0 Å². The van der Waals surface area contributed by atoms with Gasteiger partial charge in [-0.05, 0) is 0 Å². The van der Waals surface area contributed by atoms with Gasteiger partial charge in [-0.1, -0.05) is 15.9 Å². The van der Waals surface area contributed by atoms with E-state index < -0.39 is 0 Å². The molecule has 0 saturated carbocycles. The predicted molar refractivity (Wildman–Crippen MR) is 36.6 cm³/mol. The zero-order valence-corrected chi connectivity index (χ0v) is 6.81. The minimum atomic E-state index is -0.337. The summed E-state index contributed by atoms with van der Waals surface area (Å²) in [5.41, 5.74) is 0. The largest absolute Gasteiger partial charge is 0.467 e. The van der Waals surface area contributed by atoms with Crippen LogP contribution in [-0.2, 0) is 14.3 Å². The van der Waals surface area contributed by atoms with Gasteiger partial charge in [0.15, 0.2) is 0 Å². The van der Waals surface area contributed by atoms with Crippen molar-refractivity contribution in [3.63, 3.8) is 0 Å². The molecule has 54 valence electrons. The fourth-order valence-corrected chi connectivity index (χ4v) is 0.498. The average Bonchev–Trinajstić information content (AvgIpc) is 1.89. The molecule has 0 bridgehead atoms. The Labute approximate surface area is 62.5 Å². The van der Waals surface area contributed by atoms with Crippen molar-refractivity contribution in [2.45, 2.75) is 0 Å². The summed E-state index contributed by atoms with van der Waals surface area (Å²) in [6, 6.07) is 0. The van der Waals surface area contributed by atoms with E-state index >= 15 is 0 Å². The van der Waals surface area contributed by atoms with Crippen LogP contribution >= 0.6 is 15.9 Å². The molecule has 0 aliphatic rings. The molecular formula is C5H9BrO3. The number of halogens is 1. The number of alkyl halides is 1. The minimum absolute atomic E-state index is 0.0437. The van der Waals surface area contributed by atoms with Crippen LogP contribution in [0.3, 0.4) is 0 Å². The maximum atomic E-state index is 10.3. The molecule has 0 atom stereocenters. The molecule has 0 aromatic rings. The van der Waals surface area contributed by atoms with Crippen molar-refractivity contribution in [3.05, 3.63) is 0 Å². The van der Waals surface area contributed by atoms with E-state index in [1.54, 1.807) is 0 Å². The molecule has 4 heteroatoms. The van der Waals surface area contributed by atoms with E-state index in [2.05, 4.69) is 20.7 Å². The number of hydrogen-bond acceptors (Lipinski definition) is 3. The van der Waals surface area contributed by atoms with Crippen LogP contribution in [0.5, 0.6) is 0 Å². The molecule has 9 heavy (non-hydrogen) atoms. The first-order valence-corrected chi connectivity index (χ1v) is 3.64. The lowest BCUT2D eigenvalue weighted by Gasteiger charge is -1.97. The Morgan fingerprint density at radius 2 is 2.33 bits per heavy atom. The Morgan fingerprint density at radius 3 is 2.78 bits per heavy atom. The molecule has 3 nitrogen and oxygen atoms in total. The molecule has 0 aromatic heterocycles. The molecule has 0 N–H and O–H groups in total. The lowest BCUT2D eigenvalue weighted by Crippen LogP contribution is -2.10. The molecule has 0 saturated heterocycles. The van der Waals surface area contributed by atoms with Gasteiger partial charge < -0.3 is 9.47 Å². The Bertz CT molecular complexity index is 84.3. The third-order valence-corrected chi connectivity index (χ3v) is 0.993. The molecule has 0 amide bonds. The summed E-state index contributed by atoms with van der Waals surface area (Å²) in [6.45, 7) is 0.581. The summed E-state index contributed by atoms with van der Waals surface area (Å²) < 4.78 is 9.13. The van der Waals surface area contributed by atoms with E-state index in [-0.39, 0.29) is 12.6 Å². The first-order valence-electron chi connectivity index (χ1n) is 2.51. The van der Waals surface area contributed by atoms with Gasteiger partial charge in [0.05, 0.1) is 13.7 Å². The van der Waals surface area contributed by atoms with Gasteiger partial charge in [0.25, 0.3) is 0 Å². The van der Waals surface area contributed by atoms with Crippen LogP contribution in [-0.4, -0.2) is 31.6 Å². The molecule has 0 fully saturated rings. The second-order valence-electron chi connectivity index (χ2n) is 1.32. The first-order chi connectivity index (χ1) is 4.31. The van der Waals surface area contributed by atoms with E-state index in [1.165, 1.54) is 7.11 Å². The predicted octanol–water partition coefficient (Wildman–Crippen LogP) is 0.571. The van der Waals surface area contributed by atoms with E-state index in [9.17, 15) is 4.79 Å². The summed E-state index contributed by atoms with van der Waals surface area (Å²) in [4.78, 5) is 10.3. The van der Waals surface area contributed by atoms with Crippen LogP contribution in [0, 0.1) is 0 Å². The van der Waals surface area contributed by atoms with Gasteiger partial charge in [-0.2, -0.15) is 0 Å². The number of carbonyl (C=O) groups excluding carboxylic acids is 1. The zero-order chi connectivity index (χ0) is 7.11. The Balaban J connectivity index is 2.97. The highest BCUT2D eigenvalue weighted by molar-refractivity contribution is 9.09. The number of methoxy groups -OCH3 is 1. The van der Waals surface area contributed by atoms with Crippen molar-refractivity contribution in [2.75, 3.05) is 25.7 Å². The maximum Gasteiger partial charge on any atom is 0.331 e. The van der Waals surface area contributed by atoms with Crippen molar-refractivity contribution >= 4 is 21.9 Å². The summed E-state index contributed by atoms with van der Waals surface area (Å²) in [5.74, 6) is -0.337. The minimum Gasteiger partial charge on any atom is -0.467 e. The Hall–Kier alpha value is -0.0900. The first kappa shape index (κ1) is 8.91. The van der Waals surface area contributed by atoms with Crippen LogP contribution in [0.2, 0.25) is 0 Å². The monoisotopic (exact) mass is 196 g/mol. The summed E-state index contributed by atoms with van der Waals surface area (Å²) in [7, 11) is 1.33. The molecular weight excluding hydrogens is 188 g/mol. The fourth-order valence-electron chi connectivity index (χ4n) is 0.269. The third kappa shape index (κ3) is 5.79. The second kappa shape index (κ2) is 6.04. The highest BCUT2D eigenvalue weighted by Crippen LogP contribution is 1.82. The summed E-state index contributed by atoms with van der Waals surface area (Å²) >= 11 is 3.14. The molecule has 0 heterocycles. The quantitative estimate of drug-likeness (QED) is 0.375. The number of carbonyl (C=O) groups is 1. The van der Waals surface area contributed by atoms with Gasteiger partial charge >= 0.3 is 5.97 Å². The normalized spacial score (nSPS) is 9.11. The number of ether oxygens (including phenoxy) is 2. The third-order valence-electron chi connectivity index (χ3n) is 0.669. The average molecular weight is 197 g/mol. The molecule has 0 radical (unpaired) electrons. The summed E-state index contributed by atoms with van der Waals surface area (Å²) in [6.07, 6.45) is 0. The van der Waals surface area contributed by atoms with Crippen LogP contribution < -0.4 is 0 Å². The zero-order valence-electron chi connectivity index (χ0n) is 5.22. The number of hydrogen-bond donors (Lipinski definition) is 0. The summed E-state index contributed by atoms with van der Waals surface area (Å²) in [5, 5.41) is 0.740. The van der Waals surface area contributed by atoms with E-state index in [0.717, 1.165) is 5.33 Å². The second-order valence-corrected chi connectivity index (χ2v) is 2.11. The molecule has 0 aliphatic heterocycles. The van der Waals surface area contributed by atoms with Crippen LogP contribution in [0.15, 0.2) is 0 Å². The number of esters is 1. The standard InChI is InChI=1S/C5H9BrO3/c1-8-5(7)4-9-3-2-6/h2-4H2,1H3. The molecule has 0 spiro atoms. The molecule has 0 aromatic carbocycles. The SMILES string of the molecule is COC(=O)COCCBr. The van der Waals surface area contributed by atoms with E-state index in [4.69, 9.17) is 4.74 Å². The van der Waals surface area contributed by atoms with Crippen molar-refractivity contribution in [2.24, 2.45) is 0 Å². The van der Waals surface area contributed by atoms with E-state index in [0.29, 0.717) is 6.61 Å². The van der Waals surface area contributed by atoms with Crippen molar-refractivity contribution < 1.29 is 14.3 Å². The van der Waals surface area contributed by atoms with Crippen molar-refractivity contribution in [1.29, 1.82) is 0 Å². The fraction of sp³-hybridized carbons (Fsp3) is 0.800. The maximum absolute atomic E-state index is 10.3. The van der Waals surface area contributed by atoms with Gasteiger partial charge in [0.2, 0.25) is 0 Å². The van der Waals surface area contributed by atoms with Crippen LogP contribution in [0.25, 0.3) is 0 Å². The highest BCUT2D eigenvalue weighted by atomic mass is 79.9. The highest BCUT2D eigenvalue weighted by Gasteiger charge is 1.96. The van der Waals surface area contributed by atoms with E-state index in [1.807, 2.05) is 0 Å². The van der Waals surface area contributed by atoms with Gasteiger partial charge in [-0.3, -0.25) is 0 Å². The van der Waals surface area contributed by atoms with Gasteiger partial charge in [-0.15, -0.1) is 0 Å². The van der Waals surface area contributed by atoms with Crippen molar-refractivity contribution in [3.8, 4) is 0 Å². The van der Waals surface area contributed by atoms with Crippen LogP contribution in [0.1, 0.15) is 0 Å². The molecule has 0 unspecified atom stereocenters.